The van der Waals surface area contributed by atoms with Crippen molar-refractivity contribution < 1.29 is 13.2 Å². The van der Waals surface area contributed by atoms with E-state index in [0.717, 1.165) is 12.1 Å². The van der Waals surface area contributed by atoms with E-state index in [-0.39, 0.29) is 5.69 Å². The number of aromatic nitrogens is 1. The molecule has 2 rings (SSSR count). The predicted octanol–water partition coefficient (Wildman–Crippen LogP) is 3.31. The molecule has 0 atom stereocenters. The van der Waals surface area contributed by atoms with Gasteiger partial charge in [0.15, 0.2) is 0 Å². The molecule has 0 radical (unpaired) electrons. The Bertz CT molecular complexity index is 760. The van der Waals surface area contributed by atoms with Crippen LogP contribution in [0.4, 0.5) is 18.9 Å². The van der Waals surface area contributed by atoms with Crippen molar-refractivity contribution in [2.24, 2.45) is 5.10 Å². The molecule has 0 unspecified atom stereocenters. The SMILES string of the molecule is N#CC(C#N)=NNc1cc(C(F)(F)F)ccc1-n1cccc1. The van der Waals surface area contributed by atoms with Crippen LogP contribution in [0.15, 0.2) is 47.8 Å². The van der Waals surface area contributed by atoms with Gasteiger partial charge in [0, 0.05) is 12.4 Å². The number of nitrogens with one attached hydrogen (secondary N) is 1. The summed E-state index contributed by atoms with van der Waals surface area (Å²) in [5.74, 6) is 0. The number of alkyl halides is 3. The second-order valence-corrected chi connectivity index (χ2v) is 4.12. The van der Waals surface area contributed by atoms with Crippen LogP contribution in [0.25, 0.3) is 5.69 Å². The van der Waals surface area contributed by atoms with Crippen LogP contribution >= 0.6 is 0 Å². The predicted molar refractivity (Wildman–Crippen MR) is 73.1 cm³/mol. The number of halogens is 3. The summed E-state index contributed by atoms with van der Waals surface area (Å²) in [5.41, 5.74) is 1.41. The molecule has 2 aromatic rings. The minimum absolute atomic E-state index is 0.0222. The molecule has 0 amide bonds. The Labute approximate surface area is 123 Å². The van der Waals surface area contributed by atoms with Gasteiger partial charge in [-0.05, 0) is 30.3 Å². The van der Waals surface area contributed by atoms with Crippen molar-refractivity contribution >= 4 is 11.4 Å². The van der Waals surface area contributed by atoms with Gasteiger partial charge in [0.25, 0.3) is 0 Å². The lowest BCUT2D eigenvalue weighted by Crippen LogP contribution is -2.08. The smallest absolute Gasteiger partial charge is 0.322 e. The maximum absolute atomic E-state index is 12.8. The fraction of sp³-hybridized carbons (Fsp3) is 0.0714. The Kier molecular flexibility index (Phi) is 4.14. The number of anilines is 1. The van der Waals surface area contributed by atoms with Gasteiger partial charge in [-0.15, -0.1) is 0 Å². The summed E-state index contributed by atoms with van der Waals surface area (Å²) in [6.45, 7) is 0. The van der Waals surface area contributed by atoms with Crippen LogP contribution in [-0.2, 0) is 6.18 Å². The van der Waals surface area contributed by atoms with Gasteiger partial charge in [-0.25, -0.2) is 0 Å². The van der Waals surface area contributed by atoms with Crippen molar-refractivity contribution in [3.05, 3.63) is 48.3 Å². The first-order valence-electron chi connectivity index (χ1n) is 5.94. The number of hydrogen-bond donors (Lipinski definition) is 1. The highest BCUT2D eigenvalue weighted by Crippen LogP contribution is 2.33. The zero-order chi connectivity index (χ0) is 16.2. The number of benzene rings is 1. The summed E-state index contributed by atoms with van der Waals surface area (Å²) in [5, 5.41) is 20.7. The highest BCUT2D eigenvalue weighted by Gasteiger charge is 2.31. The molecule has 8 heteroatoms. The number of nitrogens with zero attached hydrogens (tertiary/aromatic N) is 4. The summed E-state index contributed by atoms with van der Waals surface area (Å²) in [6.07, 6.45) is -1.22. The summed E-state index contributed by atoms with van der Waals surface area (Å²) >= 11 is 0. The molecule has 0 fully saturated rings. The average molecular weight is 303 g/mol. The Morgan fingerprint density at radius 2 is 1.77 bits per heavy atom. The molecule has 0 bridgehead atoms. The molecule has 110 valence electrons. The van der Waals surface area contributed by atoms with E-state index in [1.165, 1.54) is 18.2 Å². The Morgan fingerprint density at radius 3 is 2.32 bits per heavy atom. The standard InChI is InChI=1S/C14H8F3N5/c15-14(16,17)10-3-4-13(22-5-1-2-6-22)12(7-10)21-20-11(8-18)9-19/h1-7,21H. The zero-order valence-electron chi connectivity index (χ0n) is 11.0. The largest absolute Gasteiger partial charge is 0.416 e. The van der Waals surface area contributed by atoms with Crippen LogP contribution in [0.2, 0.25) is 0 Å². The Hall–Kier alpha value is -3.26. The lowest BCUT2D eigenvalue weighted by Gasteiger charge is -2.13. The fourth-order valence-corrected chi connectivity index (χ4v) is 1.71. The fourth-order valence-electron chi connectivity index (χ4n) is 1.71. The Morgan fingerprint density at radius 1 is 1.14 bits per heavy atom. The molecule has 0 spiro atoms. The zero-order valence-corrected chi connectivity index (χ0v) is 11.0. The maximum atomic E-state index is 12.8. The minimum Gasteiger partial charge on any atom is -0.322 e. The molecule has 1 aromatic heterocycles. The first kappa shape index (κ1) is 15.1. The van der Waals surface area contributed by atoms with Gasteiger partial charge < -0.3 is 4.57 Å². The second-order valence-electron chi connectivity index (χ2n) is 4.12. The van der Waals surface area contributed by atoms with E-state index >= 15 is 0 Å². The van der Waals surface area contributed by atoms with Crippen LogP contribution in [0.5, 0.6) is 0 Å². The molecule has 5 nitrogen and oxygen atoms in total. The normalized spacial score (nSPS) is 10.4. The van der Waals surface area contributed by atoms with Crippen molar-refractivity contribution in [2.75, 3.05) is 5.43 Å². The van der Waals surface area contributed by atoms with Crippen molar-refractivity contribution in [3.8, 4) is 17.8 Å². The van der Waals surface area contributed by atoms with Crippen LogP contribution in [-0.4, -0.2) is 10.3 Å². The molecule has 1 N–H and O–H groups in total. The highest BCUT2D eigenvalue weighted by molar-refractivity contribution is 6.10. The second kappa shape index (κ2) is 6.02. The molecule has 1 aromatic carbocycles. The van der Waals surface area contributed by atoms with Crippen molar-refractivity contribution in [2.45, 2.75) is 6.18 Å². The molecule has 1 heterocycles. The topological polar surface area (TPSA) is 76.9 Å². The van der Waals surface area contributed by atoms with Gasteiger partial charge >= 0.3 is 6.18 Å². The molecule has 0 aliphatic heterocycles. The number of hydrogen-bond acceptors (Lipinski definition) is 4. The third-order valence-corrected chi connectivity index (χ3v) is 2.71. The minimum atomic E-state index is -4.51. The summed E-state index contributed by atoms with van der Waals surface area (Å²) in [6, 6.07) is 9.54. The number of rotatable bonds is 3. The van der Waals surface area contributed by atoms with Gasteiger partial charge in [0.2, 0.25) is 5.71 Å². The molecule has 0 saturated heterocycles. The summed E-state index contributed by atoms with van der Waals surface area (Å²) in [4.78, 5) is 0. The van der Waals surface area contributed by atoms with Gasteiger partial charge in [-0.3, -0.25) is 5.43 Å². The van der Waals surface area contributed by atoms with E-state index in [1.807, 2.05) is 0 Å². The monoisotopic (exact) mass is 303 g/mol. The average Bonchev–Trinajstić information content (AvgIpc) is 3.01. The van der Waals surface area contributed by atoms with Crippen molar-refractivity contribution in [1.82, 2.24) is 4.57 Å². The molecule has 0 aliphatic carbocycles. The first-order chi connectivity index (χ1) is 10.5. The van der Waals surface area contributed by atoms with E-state index in [9.17, 15) is 13.2 Å². The first-order valence-corrected chi connectivity index (χ1v) is 5.94. The van der Waals surface area contributed by atoms with E-state index in [2.05, 4.69) is 10.5 Å². The van der Waals surface area contributed by atoms with Crippen LogP contribution in [0.3, 0.4) is 0 Å². The number of hydrazone groups is 1. The van der Waals surface area contributed by atoms with E-state index in [0.29, 0.717) is 5.69 Å². The van der Waals surface area contributed by atoms with Gasteiger partial charge in [-0.2, -0.15) is 28.8 Å². The lowest BCUT2D eigenvalue weighted by atomic mass is 10.1. The molecule has 0 saturated carbocycles. The number of nitriles is 2. The van der Waals surface area contributed by atoms with Crippen molar-refractivity contribution in [1.29, 1.82) is 10.5 Å². The Balaban J connectivity index is 2.50. The maximum Gasteiger partial charge on any atom is 0.416 e. The molecule has 0 aliphatic rings. The van der Waals surface area contributed by atoms with Crippen LogP contribution < -0.4 is 5.43 Å². The third kappa shape index (κ3) is 3.25. The summed E-state index contributed by atoms with van der Waals surface area (Å²) in [7, 11) is 0. The van der Waals surface area contributed by atoms with E-state index < -0.39 is 17.5 Å². The van der Waals surface area contributed by atoms with E-state index in [4.69, 9.17) is 10.5 Å². The molecular weight excluding hydrogens is 295 g/mol. The van der Waals surface area contributed by atoms with Gasteiger partial charge in [-0.1, -0.05) is 0 Å². The molecular formula is C14H8F3N5. The van der Waals surface area contributed by atoms with Crippen LogP contribution in [0.1, 0.15) is 5.56 Å². The van der Waals surface area contributed by atoms with Gasteiger partial charge in [0.05, 0.1) is 16.9 Å². The summed E-state index contributed by atoms with van der Waals surface area (Å²) < 4.78 is 40.0. The lowest BCUT2D eigenvalue weighted by molar-refractivity contribution is -0.137. The van der Waals surface area contributed by atoms with Crippen molar-refractivity contribution in [3.63, 3.8) is 0 Å². The molecule has 22 heavy (non-hydrogen) atoms. The van der Waals surface area contributed by atoms with Gasteiger partial charge in [0.1, 0.15) is 12.1 Å². The van der Waals surface area contributed by atoms with Crippen LogP contribution in [0, 0.1) is 22.7 Å². The third-order valence-electron chi connectivity index (χ3n) is 2.71. The highest BCUT2D eigenvalue weighted by atomic mass is 19.4. The quantitative estimate of drug-likeness (QED) is 0.698. The van der Waals surface area contributed by atoms with E-state index in [1.54, 1.807) is 29.1 Å².